The zero-order valence-corrected chi connectivity index (χ0v) is 4.13. The Morgan fingerprint density at radius 3 is 2.43 bits per heavy atom. The van der Waals surface area contributed by atoms with Gasteiger partial charge in [-0.3, -0.25) is 0 Å². The predicted octanol–water partition coefficient (Wildman–Crippen LogP) is -0.0297. The zero-order chi connectivity index (χ0) is 5.28. The number of ether oxygens (including phenoxy) is 1. The van der Waals surface area contributed by atoms with Gasteiger partial charge in [0.25, 0.3) is 0 Å². The monoisotopic (exact) mass is 101 g/mol. The average molecular weight is 101 g/mol. The van der Waals surface area contributed by atoms with Gasteiger partial charge in [-0.1, -0.05) is 6.92 Å². The highest BCUT2D eigenvalue weighted by Gasteiger charge is 2.35. The Labute approximate surface area is 43.1 Å². The average Bonchev–Trinajstić information content (AvgIpc) is 2.43. The number of aliphatic hydroxyl groups excluding tert-OH is 1. The zero-order valence-electron chi connectivity index (χ0n) is 4.13. The molecule has 1 fully saturated rings. The van der Waals surface area contributed by atoms with Crippen LogP contribution in [0.4, 0.5) is 0 Å². The van der Waals surface area contributed by atoms with Gasteiger partial charge in [0.15, 0.2) is 0 Å². The van der Waals surface area contributed by atoms with E-state index in [1.807, 2.05) is 0 Å². The second kappa shape index (κ2) is 1.80. The van der Waals surface area contributed by atoms with E-state index in [4.69, 9.17) is 9.84 Å². The molecule has 0 aromatic rings. The third kappa shape index (κ3) is 0.924. The van der Waals surface area contributed by atoms with Crippen LogP contribution in [-0.4, -0.2) is 23.9 Å². The summed E-state index contributed by atoms with van der Waals surface area (Å²) in [4.78, 5) is 0. The minimum absolute atomic E-state index is 0.109. The SMILES string of the molecule is [CH2]CC1OC1CO. The summed E-state index contributed by atoms with van der Waals surface area (Å²) in [5, 5.41) is 8.35. The van der Waals surface area contributed by atoms with Crippen LogP contribution >= 0.6 is 0 Å². The maximum absolute atomic E-state index is 8.35. The molecule has 2 heteroatoms. The Morgan fingerprint density at radius 2 is 2.29 bits per heavy atom. The summed E-state index contributed by atoms with van der Waals surface area (Å²) in [6, 6.07) is 0. The fraction of sp³-hybridized carbons (Fsp3) is 0.800. The summed E-state index contributed by atoms with van der Waals surface area (Å²) >= 11 is 0. The van der Waals surface area contributed by atoms with E-state index in [0.717, 1.165) is 6.42 Å². The minimum Gasteiger partial charge on any atom is -0.394 e. The summed E-state index contributed by atoms with van der Waals surface area (Å²) < 4.78 is 4.90. The van der Waals surface area contributed by atoms with Crippen molar-refractivity contribution in [3.8, 4) is 0 Å². The largest absolute Gasteiger partial charge is 0.394 e. The minimum atomic E-state index is 0.109. The molecule has 1 rings (SSSR count). The van der Waals surface area contributed by atoms with Crippen molar-refractivity contribution in [2.24, 2.45) is 0 Å². The van der Waals surface area contributed by atoms with E-state index in [2.05, 4.69) is 6.92 Å². The summed E-state index contributed by atoms with van der Waals surface area (Å²) in [6.45, 7) is 3.76. The van der Waals surface area contributed by atoms with Crippen LogP contribution in [0.3, 0.4) is 0 Å². The highest BCUT2D eigenvalue weighted by Crippen LogP contribution is 2.23. The molecule has 1 saturated heterocycles. The summed E-state index contributed by atoms with van der Waals surface area (Å²) in [5.74, 6) is 0. The lowest BCUT2D eigenvalue weighted by Crippen LogP contribution is -1.96. The summed E-state index contributed by atoms with van der Waals surface area (Å²) in [7, 11) is 0. The van der Waals surface area contributed by atoms with Gasteiger partial charge in [-0.25, -0.2) is 0 Å². The van der Waals surface area contributed by atoms with E-state index >= 15 is 0 Å². The van der Waals surface area contributed by atoms with Gasteiger partial charge in [0, 0.05) is 0 Å². The smallest absolute Gasteiger partial charge is 0.107 e. The summed E-state index contributed by atoms with van der Waals surface area (Å²) in [6.07, 6.45) is 1.15. The van der Waals surface area contributed by atoms with E-state index in [0.29, 0.717) is 0 Å². The van der Waals surface area contributed by atoms with E-state index in [1.54, 1.807) is 0 Å². The Kier molecular flexibility index (Phi) is 1.30. The van der Waals surface area contributed by atoms with Gasteiger partial charge in [0.1, 0.15) is 6.10 Å². The molecule has 0 aromatic heterocycles. The first-order valence-electron chi connectivity index (χ1n) is 2.44. The van der Waals surface area contributed by atoms with Crippen LogP contribution in [0, 0.1) is 6.92 Å². The van der Waals surface area contributed by atoms with Gasteiger partial charge in [0.05, 0.1) is 12.7 Å². The first kappa shape index (κ1) is 5.06. The molecule has 7 heavy (non-hydrogen) atoms. The Balaban J connectivity index is 2.06. The van der Waals surface area contributed by atoms with Gasteiger partial charge in [-0.2, -0.15) is 0 Å². The molecule has 0 saturated carbocycles. The number of hydrogen-bond acceptors (Lipinski definition) is 2. The number of aliphatic hydroxyl groups is 1. The van der Waals surface area contributed by atoms with E-state index in [9.17, 15) is 0 Å². The van der Waals surface area contributed by atoms with Crippen molar-refractivity contribution >= 4 is 0 Å². The molecular formula is C5H9O2. The molecule has 0 aliphatic carbocycles. The molecule has 2 nitrogen and oxygen atoms in total. The van der Waals surface area contributed by atoms with Crippen molar-refractivity contribution in [2.45, 2.75) is 18.6 Å². The van der Waals surface area contributed by atoms with Crippen molar-refractivity contribution < 1.29 is 9.84 Å². The topological polar surface area (TPSA) is 32.8 Å². The van der Waals surface area contributed by atoms with E-state index in [-0.39, 0.29) is 18.8 Å². The number of epoxide rings is 1. The third-order valence-corrected chi connectivity index (χ3v) is 1.15. The van der Waals surface area contributed by atoms with Gasteiger partial charge < -0.3 is 9.84 Å². The molecule has 41 valence electrons. The second-order valence-electron chi connectivity index (χ2n) is 1.68. The second-order valence-corrected chi connectivity index (χ2v) is 1.68. The molecule has 1 heterocycles. The maximum atomic E-state index is 8.35. The molecule has 1 aliphatic heterocycles. The van der Waals surface area contributed by atoms with Gasteiger partial charge in [-0.05, 0) is 6.42 Å². The molecule has 0 amide bonds. The standard InChI is InChI=1S/C5H9O2/c1-2-4-5(3-6)7-4/h4-6H,1-3H2. The molecule has 0 aromatic carbocycles. The van der Waals surface area contributed by atoms with Gasteiger partial charge in [-0.15, -0.1) is 0 Å². The lowest BCUT2D eigenvalue weighted by Gasteiger charge is -1.77. The van der Waals surface area contributed by atoms with Crippen molar-refractivity contribution in [3.05, 3.63) is 6.92 Å². The van der Waals surface area contributed by atoms with Crippen LogP contribution in [0.2, 0.25) is 0 Å². The fourth-order valence-corrected chi connectivity index (χ4v) is 0.594. The first-order chi connectivity index (χ1) is 3.38. The van der Waals surface area contributed by atoms with E-state index < -0.39 is 0 Å². The Hall–Kier alpha value is -0.0800. The lowest BCUT2D eigenvalue weighted by molar-refractivity contribution is 0.242. The lowest BCUT2D eigenvalue weighted by atomic mass is 10.3. The molecule has 1 aliphatic rings. The van der Waals surface area contributed by atoms with Gasteiger partial charge >= 0.3 is 0 Å². The Bertz CT molecular complexity index is 55.1. The predicted molar refractivity (Wildman–Crippen MR) is 25.7 cm³/mol. The van der Waals surface area contributed by atoms with Gasteiger partial charge in [0.2, 0.25) is 0 Å². The normalized spacial score (nSPS) is 38.6. The molecule has 1 N–H and O–H groups in total. The van der Waals surface area contributed by atoms with Crippen molar-refractivity contribution in [1.29, 1.82) is 0 Å². The van der Waals surface area contributed by atoms with Crippen molar-refractivity contribution in [3.63, 3.8) is 0 Å². The maximum Gasteiger partial charge on any atom is 0.107 e. The quantitative estimate of drug-likeness (QED) is 0.495. The molecule has 2 unspecified atom stereocenters. The molecule has 0 spiro atoms. The van der Waals surface area contributed by atoms with Crippen LogP contribution in [0.15, 0.2) is 0 Å². The molecule has 1 radical (unpaired) electrons. The third-order valence-electron chi connectivity index (χ3n) is 1.15. The van der Waals surface area contributed by atoms with Crippen LogP contribution in [0.25, 0.3) is 0 Å². The Morgan fingerprint density at radius 1 is 1.57 bits per heavy atom. The highest BCUT2D eigenvalue weighted by molar-refractivity contribution is 4.83. The molecule has 0 bridgehead atoms. The molecular weight excluding hydrogens is 92.1 g/mol. The van der Waals surface area contributed by atoms with E-state index in [1.165, 1.54) is 0 Å². The van der Waals surface area contributed by atoms with Crippen LogP contribution in [0.1, 0.15) is 6.42 Å². The van der Waals surface area contributed by atoms with Crippen LogP contribution in [-0.2, 0) is 4.74 Å². The molecule has 2 atom stereocenters. The fourth-order valence-electron chi connectivity index (χ4n) is 0.594. The van der Waals surface area contributed by atoms with Crippen molar-refractivity contribution in [1.82, 2.24) is 0 Å². The first-order valence-corrected chi connectivity index (χ1v) is 2.44. The number of hydrogen-bond donors (Lipinski definition) is 1. The highest BCUT2D eigenvalue weighted by atomic mass is 16.6. The summed E-state index contributed by atoms with van der Waals surface area (Å²) in [5.41, 5.74) is 0. The van der Waals surface area contributed by atoms with Crippen LogP contribution in [0.5, 0.6) is 0 Å². The van der Waals surface area contributed by atoms with Crippen LogP contribution < -0.4 is 0 Å². The number of rotatable bonds is 2. The van der Waals surface area contributed by atoms with Crippen molar-refractivity contribution in [2.75, 3.05) is 6.61 Å².